The number of carbonyl (C=O) groups excluding carboxylic acids is 2. The molecule has 11 nitrogen and oxygen atoms in total. The number of nitro benzene ring substituents is 2. The lowest BCUT2D eigenvalue weighted by Crippen LogP contribution is -2.33. The van der Waals surface area contributed by atoms with Gasteiger partial charge in [-0.05, 0) is 62.9 Å². The SMILES string of the molecule is C[C@]1(C(=O)Oc2ccc([N+](=O)[O-])cc2)CC=C[C@@H](OC(=O)Oc2ccc([N+](=O)[O-])cc2)CCC1. The van der Waals surface area contributed by atoms with Crippen LogP contribution in [0.4, 0.5) is 16.2 Å². The van der Waals surface area contributed by atoms with Gasteiger partial charge in [-0.15, -0.1) is 0 Å². The lowest BCUT2D eigenvalue weighted by Gasteiger charge is -2.28. The van der Waals surface area contributed by atoms with Crippen LogP contribution in [0.1, 0.15) is 32.6 Å². The van der Waals surface area contributed by atoms with E-state index in [9.17, 15) is 29.8 Å². The minimum atomic E-state index is -0.940. The first-order chi connectivity index (χ1) is 16.2. The summed E-state index contributed by atoms with van der Waals surface area (Å²) in [6.07, 6.45) is 3.74. The quantitative estimate of drug-likeness (QED) is 0.140. The average Bonchev–Trinajstić information content (AvgIpc) is 2.78. The van der Waals surface area contributed by atoms with Crippen molar-refractivity contribution in [1.29, 1.82) is 0 Å². The molecule has 0 radical (unpaired) electrons. The van der Waals surface area contributed by atoms with Crippen molar-refractivity contribution in [2.24, 2.45) is 5.41 Å². The summed E-state index contributed by atoms with van der Waals surface area (Å²) in [4.78, 5) is 45.2. The predicted molar refractivity (Wildman–Crippen MR) is 118 cm³/mol. The van der Waals surface area contributed by atoms with Gasteiger partial charge in [0.2, 0.25) is 0 Å². The zero-order chi connectivity index (χ0) is 24.7. The molecule has 0 saturated heterocycles. The van der Waals surface area contributed by atoms with E-state index < -0.39 is 33.5 Å². The van der Waals surface area contributed by atoms with E-state index in [0.717, 1.165) is 0 Å². The molecule has 34 heavy (non-hydrogen) atoms. The summed E-state index contributed by atoms with van der Waals surface area (Å²) in [6, 6.07) is 10.3. The smallest absolute Gasteiger partial charge is 0.426 e. The zero-order valence-corrected chi connectivity index (χ0v) is 18.2. The number of hydrogen-bond donors (Lipinski definition) is 0. The largest absolute Gasteiger partial charge is 0.514 e. The van der Waals surface area contributed by atoms with Crippen LogP contribution in [0.25, 0.3) is 0 Å². The normalized spacial score (nSPS) is 19.9. The Bertz CT molecular complexity index is 1100. The number of esters is 1. The molecule has 0 fully saturated rings. The summed E-state index contributed by atoms with van der Waals surface area (Å²) in [5, 5.41) is 21.4. The molecule has 0 aromatic heterocycles. The molecule has 178 valence electrons. The van der Waals surface area contributed by atoms with Gasteiger partial charge in [-0.1, -0.05) is 6.08 Å². The van der Waals surface area contributed by atoms with Gasteiger partial charge in [0.05, 0.1) is 15.3 Å². The summed E-state index contributed by atoms with van der Waals surface area (Å²) in [7, 11) is 0. The van der Waals surface area contributed by atoms with Crippen LogP contribution in [0.15, 0.2) is 60.7 Å². The Morgan fingerprint density at radius 3 is 1.97 bits per heavy atom. The van der Waals surface area contributed by atoms with Gasteiger partial charge in [-0.2, -0.15) is 0 Å². The third-order valence-electron chi connectivity index (χ3n) is 5.38. The van der Waals surface area contributed by atoms with Crippen LogP contribution >= 0.6 is 0 Å². The number of carbonyl (C=O) groups is 2. The Morgan fingerprint density at radius 2 is 1.44 bits per heavy atom. The first-order valence-corrected chi connectivity index (χ1v) is 10.4. The standard InChI is InChI=1S/C23H22N2O9/c1-23(21(26)32-19-10-6-16(7-11-19)24(28)29)14-2-4-18(5-3-15-23)33-22(27)34-20-12-8-17(9-13-20)25(30)31/h2,4,6-13,18H,3,5,14-15H2,1H3/t18-,23+/m1/s1. The molecular formula is C23H22N2O9. The molecule has 1 aliphatic carbocycles. The Hall–Kier alpha value is -4.28. The van der Waals surface area contributed by atoms with Crippen LogP contribution in [-0.4, -0.2) is 28.1 Å². The van der Waals surface area contributed by atoms with Crippen LogP contribution in [0.3, 0.4) is 0 Å². The van der Waals surface area contributed by atoms with E-state index in [0.29, 0.717) is 25.7 Å². The summed E-state index contributed by atoms with van der Waals surface area (Å²) in [6.45, 7) is 1.77. The number of ether oxygens (including phenoxy) is 3. The van der Waals surface area contributed by atoms with E-state index in [2.05, 4.69) is 0 Å². The number of rotatable bonds is 6. The van der Waals surface area contributed by atoms with Crippen molar-refractivity contribution in [3.8, 4) is 11.5 Å². The summed E-state index contributed by atoms with van der Waals surface area (Å²) in [5.74, 6) is -0.118. The van der Waals surface area contributed by atoms with Crippen LogP contribution < -0.4 is 9.47 Å². The molecule has 0 unspecified atom stereocenters. The lowest BCUT2D eigenvalue weighted by molar-refractivity contribution is -0.385. The third kappa shape index (κ3) is 6.37. The van der Waals surface area contributed by atoms with E-state index in [1.165, 1.54) is 48.5 Å². The van der Waals surface area contributed by atoms with Crippen molar-refractivity contribution >= 4 is 23.5 Å². The Morgan fingerprint density at radius 1 is 0.912 bits per heavy atom. The highest BCUT2D eigenvalue weighted by Gasteiger charge is 2.35. The highest BCUT2D eigenvalue weighted by Crippen LogP contribution is 2.34. The molecule has 0 bridgehead atoms. The molecule has 2 aromatic carbocycles. The molecule has 0 spiro atoms. The summed E-state index contributed by atoms with van der Waals surface area (Å²) < 4.78 is 15.8. The molecule has 1 aliphatic rings. The molecule has 2 atom stereocenters. The average molecular weight is 470 g/mol. The lowest BCUT2D eigenvalue weighted by atomic mass is 9.79. The van der Waals surface area contributed by atoms with Crippen molar-refractivity contribution in [2.75, 3.05) is 0 Å². The fourth-order valence-corrected chi connectivity index (χ4v) is 3.40. The van der Waals surface area contributed by atoms with Crippen molar-refractivity contribution in [2.45, 2.75) is 38.7 Å². The van der Waals surface area contributed by atoms with Crippen LogP contribution in [0.2, 0.25) is 0 Å². The van der Waals surface area contributed by atoms with Crippen molar-refractivity contribution in [3.05, 3.63) is 80.9 Å². The highest BCUT2D eigenvalue weighted by molar-refractivity contribution is 5.79. The molecule has 0 N–H and O–H groups in total. The van der Waals surface area contributed by atoms with E-state index in [4.69, 9.17) is 14.2 Å². The van der Waals surface area contributed by atoms with Crippen LogP contribution in [-0.2, 0) is 9.53 Å². The van der Waals surface area contributed by atoms with Gasteiger partial charge < -0.3 is 14.2 Å². The predicted octanol–water partition coefficient (Wildman–Crippen LogP) is 5.13. The van der Waals surface area contributed by atoms with Crippen LogP contribution in [0.5, 0.6) is 11.5 Å². The van der Waals surface area contributed by atoms with E-state index in [1.54, 1.807) is 19.1 Å². The van der Waals surface area contributed by atoms with Gasteiger partial charge in [0.1, 0.15) is 17.6 Å². The highest BCUT2D eigenvalue weighted by atomic mass is 16.7. The van der Waals surface area contributed by atoms with Gasteiger partial charge in [0, 0.05) is 24.3 Å². The van der Waals surface area contributed by atoms with E-state index >= 15 is 0 Å². The van der Waals surface area contributed by atoms with E-state index in [1.807, 2.05) is 0 Å². The number of nitro groups is 2. The Kier molecular flexibility index (Phi) is 7.57. The second kappa shape index (κ2) is 10.6. The first kappa shape index (κ1) is 24.4. The second-order valence-corrected chi connectivity index (χ2v) is 7.99. The second-order valence-electron chi connectivity index (χ2n) is 7.99. The van der Waals surface area contributed by atoms with Gasteiger partial charge >= 0.3 is 12.1 Å². The molecule has 0 aliphatic heterocycles. The first-order valence-electron chi connectivity index (χ1n) is 10.4. The third-order valence-corrected chi connectivity index (χ3v) is 5.38. The Balaban J connectivity index is 1.54. The monoisotopic (exact) mass is 470 g/mol. The van der Waals surface area contributed by atoms with Gasteiger partial charge in [0.15, 0.2) is 0 Å². The van der Waals surface area contributed by atoms with Crippen molar-refractivity contribution in [1.82, 2.24) is 0 Å². The molecule has 0 amide bonds. The number of benzene rings is 2. The van der Waals surface area contributed by atoms with Crippen molar-refractivity contribution in [3.63, 3.8) is 0 Å². The molecular weight excluding hydrogens is 448 g/mol. The maximum absolute atomic E-state index is 12.8. The summed E-state index contributed by atoms with van der Waals surface area (Å²) in [5.41, 5.74) is -1.04. The fraction of sp³-hybridized carbons (Fsp3) is 0.304. The minimum Gasteiger partial charge on any atom is -0.426 e. The fourth-order valence-electron chi connectivity index (χ4n) is 3.40. The molecule has 11 heteroatoms. The topological polar surface area (TPSA) is 148 Å². The minimum absolute atomic E-state index is 0.0990. The maximum Gasteiger partial charge on any atom is 0.514 e. The molecule has 0 saturated carbocycles. The maximum atomic E-state index is 12.8. The summed E-state index contributed by atoms with van der Waals surface area (Å²) >= 11 is 0. The Labute approximate surface area is 194 Å². The van der Waals surface area contributed by atoms with Gasteiger partial charge in [-0.3, -0.25) is 25.0 Å². The van der Waals surface area contributed by atoms with Gasteiger partial charge in [-0.25, -0.2) is 4.79 Å². The van der Waals surface area contributed by atoms with E-state index in [-0.39, 0.29) is 22.9 Å². The number of nitrogens with zero attached hydrogens (tertiary/aromatic N) is 2. The van der Waals surface area contributed by atoms with Crippen LogP contribution in [0, 0.1) is 25.6 Å². The van der Waals surface area contributed by atoms with Gasteiger partial charge in [0.25, 0.3) is 11.4 Å². The number of allylic oxidation sites excluding steroid dienone is 1. The molecule has 3 rings (SSSR count). The molecule has 2 aromatic rings. The number of non-ortho nitro benzene ring substituents is 2. The van der Waals surface area contributed by atoms with Crippen molar-refractivity contribution < 1.29 is 33.6 Å². The molecule has 0 heterocycles. The zero-order valence-electron chi connectivity index (χ0n) is 18.2. The number of hydrogen-bond acceptors (Lipinski definition) is 9.